The van der Waals surface area contributed by atoms with E-state index in [2.05, 4.69) is 59.4 Å². The van der Waals surface area contributed by atoms with Crippen LogP contribution >= 0.6 is 0 Å². The third-order valence-electron chi connectivity index (χ3n) is 8.82. The summed E-state index contributed by atoms with van der Waals surface area (Å²) in [6, 6.07) is 24.1. The van der Waals surface area contributed by atoms with E-state index < -0.39 is 11.5 Å². The molecule has 0 radical (unpaired) electrons. The Hall–Kier alpha value is -4.32. The number of carbonyl (C=O) groups is 3. The minimum Gasteiger partial charge on any atom is -0.498 e. The number of hydrogen-bond donors (Lipinski definition) is 1. The van der Waals surface area contributed by atoms with Gasteiger partial charge in [-0.1, -0.05) is 120 Å². The molecule has 1 amide bonds. The molecule has 0 saturated heterocycles. The number of rotatable bonds is 17. The van der Waals surface area contributed by atoms with Crippen LogP contribution in [0.25, 0.3) is 10.8 Å². The molecule has 0 aromatic heterocycles. The van der Waals surface area contributed by atoms with Gasteiger partial charge in [0.25, 0.3) is 0 Å². The van der Waals surface area contributed by atoms with E-state index >= 15 is 0 Å². The van der Waals surface area contributed by atoms with Gasteiger partial charge in [-0.3, -0.25) is 19.4 Å². The van der Waals surface area contributed by atoms with Crippen LogP contribution in [0, 0.1) is 16.7 Å². The van der Waals surface area contributed by atoms with Gasteiger partial charge < -0.3 is 10.1 Å². The number of ether oxygens (including phenoxy) is 1. The van der Waals surface area contributed by atoms with Gasteiger partial charge in [0.15, 0.2) is 5.78 Å². The number of carbonyl (C=O) groups excluding carboxylic acids is 3. The number of fused-ring (bicyclic) bond motifs is 1. The van der Waals surface area contributed by atoms with Crippen molar-refractivity contribution in [3.63, 3.8) is 0 Å². The fourth-order valence-electron chi connectivity index (χ4n) is 6.43. The van der Waals surface area contributed by atoms with E-state index in [-0.39, 0.29) is 47.6 Å². The second-order valence-electron chi connectivity index (χ2n) is 14.9. The third kappa shape index (κ3) is 10.3. The van der Waals surface area contributed by atoms with Crippen molar-refractivity contribution in [2.75, 3.05) is 6.61 Å². The molecule has 3 aromatic carbocycles. The molecule has 3 atom stereocenters. The first kappa shape index (κ1) is 36.5. The molecule has 0 spiro atoms. The molecule has 4 rings (SSSR count). The molecule has 2 unspecified atom stereocenters. The summed E-state index contributed by atoms with van der Waals surface area (Å²) in [5, 5.41) is 5.34. The lowest BCUT2D eigenvalue weighted by molar-refractivity contribution is -0.136. The fraction of sp³-hybridized carbons (Fsp3) is 0.429. The van der Waals surface area contributed by atoms with Crippen molar-refractivity contribution in [1.82, 2.24) is 5.32 Å². The van der Waals surface area contributed by atoms with Crippen molar-refractivity contribution in [2.24, 2.45) is 21.7 Å². The summed E-state index contributed by atoms with van der Waals surface area (Å²) >= 11 is 0. The highest BCUT2D eigenvalue weighted by molar-refractivity contribution is 5.94. The van der Waals surface area contributed by atoms with E-state index in [9.17, 15) is 14.4 Å². The topological polar surface area (TPSA) is 84.8 Å². The van der Waals surface area contributed by atoms with Gasteiger partial charge in [-0.05, 0) is 53.5 Å². The second-order valence-corrected chi connectivity index (χ2v) is 14.9. The SMILES string of the molecule is C=C(OCC)C(c1ccc2ccccc2c1)C1C=NC(CC(=O)[C@@H](CCCc2ccccc2)NC(=O)C(C)(C)CC(=O)CC(C)(C)C)=C1. The Morgan fingerprint density at radius 1 is 0.917 bits per heavy atom. The Balaban J connectivity index is 1.51. The Morgan fingerprint density at radius 3 is 2.29 bits per heavy atom. The average Bonchev–Trinajstić information content (AvgIpc) is 3.47. The quantitative estimate of drug-likeness (QED) is 0.148. The largest absolute Gasteiger partial charge is 0.498 e. The van der Waals surface area contributed by atoms with Crippen LogP contribution in [0.2, 0.25) is 0 Å². The van der Waals surface area contributed by atoms with Gasteiger partial charge in [-0.15, -0.1) is 0 Å². The van der Waals surface area contributed by atoms with Crippen molar-refractivity contribution in [3.05, 3.63) is 108 Å². The van der Waals surface area contributed by atoms with Gasteiger partial charge in [0.2, 0.25) is 5.91 Å². The van der Waals surface area contributed by atoms with Crippen LogP contribution in [-0.2, 0) is 25.5 Å². The average molecular weight is 649 g/mol. The molecule has 0 saturated carbocycles. The molecule has 0 aliphatic carbocycles. The monoisotopic (exact) mass is 648 g/mol. The lowest BCUT2D eigenvalue weighted by Crippen LogP contribution is -2.47. The van der Waals surface area contributed by atoms with Crippen molar-refractivity contribution in [3.8, 4) is 0 Å². The van der Waals surface area contributed by atoms with Crippen LogP contribution in [0.4, 0.5) is 0 Å². The van der Waals surface area contributed by atoms with Crippen LogP contribution < -0.4 is 5.32 Å². The number of hydrogen-bond acceptors (Lipinski definition) is 5. The zero-order chi connectivity index (χ0) is 34.9. The maximum Gasteiger partial charge on any atom is 0.226 e. The molecule has 6 heteroatoms. The molecular formula is C42H52N2O4. The number of benzene rings is 3. The van der Waals surface area contributed by atoms with Crippen molar-refractivity contribution in [1.29, 1.82) is 0 Å². The summed E-state index contributed by atoms with van der Waals surface area (Å²) in [5.41, 5.74) is 1.82. The normalized spacial score (nSPS) is 15.9. The first-order valence-corrected chi connectivity index (χ1v) is 17.2. The van der Waals surface area contributed by atoms with Gasteiger partial charge in [-0.2, -0.15) is 0 Å². The molecule has 1 aliphatic heterocycles. The first-order valence-electron chi connectivity index (χ1n) is 17.2. The van der Waals surface area contributed by atoms with Crippen LogP contribution in [0.5, 0.6) is 0 Å². The Labute approximate surface area is 286 Å². The van der Waals surface area contributed by atoms with Crippen LogP contribution in [0.1, 0.15) is 90.7 Å². The number of amides is 1. The predicted octanol–water partition coefficient (Wildman–Crippen LogP) is 8.95. The second kappa shape index (κ2) is 16.2. The maximum absolute atomic E-state index is 13.9. The van der Waals surface area contributed by atoms with Crippen molar-refractivity contribution >= 4 is 34.5 Å². The summed E-state index contributed by atoms with van der Waals surface area (Å²) in [7, 11) is 0. The van der Waals surface area contributed by atoms with Gasteiger partial charge in [0, 0.05) is 30.7 Å². The summed E-state index contributed by atoms with van der Waals surface area (Å²) in [5.74, 6) is 0.0193. The summed E-state index contributed by atoms with van der Waals surface area (Å²) in [4.78, 5) is 45.0. The van der Waals surface area contributed by atoms with Gasteiger partial charge in [0.1, 0.15) is 5.78 Å². The lowest BCUT2D eigenvalue weighted by atomic mass is 9.81. The van der Waals surface area contributed by atoms with E-state index in [1.165, 1.54) is 5.56 Å². The first-order chi connectivity index (χ1) is 22.8. The lowest BCUT2D eigenvalue weighted by Gasteiger charge is -2.28. The summed E-state index contributed by atoms with van der Waals surface area (Å²) in [6.45, 7) is 16.3. The van der Waals surface area contributed by atoms with Crippen molar-refractivity contribution < 1.29 is 19.1 Å². The Bertz CT molecular complexity index is 1660. The van der Waals surface area contributed by atoms with Gasteiger partial charge in [0.05, 0.1) is 36.2 Å². The highest BCUT2D eigenvalue weighted by atomic mass is 16.5. The van der Waals surface area contributed by atoms with Crippen molar-refractivity contribution in [2.45, 2.75) is 92.0 Å². The van der Waals surface area contributed by atoms with E-state index in [1.807, 2.05) is 70.3 Å². The number of nitrogens with zero attached hydrogens (tertiary/aromatic N) is 1. The van der Waals surface area contributed by atoms with Gasteiger partial charge in [-0.25, -0.2) is 0 Å². The molecule has 0 fully saturated rings. The van der Waals surface area contributed by atoms with E-state index in [0.29, 0.717) is 30.9 Å². The minimum atomic E-state index is -0.942. The number of nitrogens with one attached hydrogen (secondary N) is 1. The number of ketones is 2. The number of aliphatic imine (C=N–C) groups is 1. The molecule has 1 N–H and O–H groups in total. The smallest absolute Gasteiger partial charge is 0.226 e. The molecule has 48 heavy (non-hydrogen) atoms. The van der Waals surface area contributed by atoms with Crippen LogP contribution in [0.3, 0.4) is 0 Å². The standard InChI is InChI=1S/C42H52N2O4/c1-8-48-29(2)39(33-22-21-31-18-12-13-19-32(31)23-33)34-24-35(43-28-34)25-38(46)37(20-14-17-30-15-10-9-11-16-30)44-40(47)42(6,7)27-36(45)26-41(3,4)5/h9-13,15-16,18-19,21-24,28,34,37,39H,2,8,14,17,20,25-27H2,1,3-7H3,(H,44,47)/t34?,37-,39?/m1/s1. The minimum absolute atomic E-state index is 0.0423. The zero-order valence-corrected chi connectivity index (χ0v) is 29.6. The summed E-state index contributed by atoms with van der Waals surface area (Å²) < 4.78 is 5.92. The highest BCUT2D eigenvalue weighted by Crippen LogP contribution is 2.37. The molecular weight excluding hydrogens is 596 g/mol. The number of allylic oxidation sites excluding steroid dienone is 3. The predicted molar refractivity (Wildman–Crippen MR) is 196 cm³/mol. The van der Waals surface area contributed by atoms with E-state index in [1.54, 1.807) is 13.8 Å². The number of aryl methyl sites for hydroxylation is 1. The zero-order valence-electron chi connectivity index (χ0n) is 29.6. The summed E-state index contributed by atoms with van der Waals surface area (Å²) in [6.07, 6.45) is 6.53. The van der Waals surface area contributed by atoms with Crippen LogP contribution in [0.15, 0.2) is 102 Å². The highest BCUT2D eigenvalue weighted by Gasteiger charge is 2.35. The van der Waals surface area contributed by atoms with Crippen LogP contribution in [-0.4, -0.2) is 36.3 Å². The number of Topliss-reactive ketones (excluding diaryl/α,β-unsaturated/α-hetero) is 2. The molecule has 6 nitrogen and oxygen atoms in total. The van der Waals surface area contributed by atoms with E-state index in [4.69, 9.17) is 4.74 Å². The molecule has 1 aliphatic rings. The molecule has 254 valence electrons. The van der Waals surface area contributed by atoms with E-state index in [0.717, 1.165) is 29.2 Å². The Morgan fingerprint density at radius 2 is 1.60 bits per heavy atom. The third-order valence-corrected chi connectivity index (χ3v) is 8.82. The van der Waals surface area contributed by atoms with Gasteiger partial charge >= 0.3 is 0 Å². The molecule has 1 heterocycles. The Kier molecular flexibility index (Phi) is 12.3. The fourth-order valence-corrected chi connectivity index (χ4v) is 6.43. The maximum atomic E-state index is 13.9. The molecule has 0 bridgehead atoms. The molecule has 3 aromatic rings.